The Labute approximate surface area is 109 Å². The molecule has 2 rings (SSSR count). The van der Waals surface area contributed by atoms with Gasteiger partial charge in [-0.25, -0.2) is 0 Å². The quantitative estimate of drug-likeness (QED) is 0.870. The summed E-state index contributed by atoms with van der Waals surface area (Å²) in [5.74, 6) is 1.08. The summed E-state index contributed by atoms with van der Waals surface area (Å²) < 4.78 is 11.3. The van der Waals surface area contributed by atoms with Crippen molar-refractivity contribution < 1.29 is 9.15 Å². The van der Waals surface area contributed by atoms with Crippen LogP contribution >= 0.6 is 0 Å². The van der Waals surface area contributed by atoms with E-state index in [1.165, 1.54) is 5.56 Å². The lowest BCUT2D eigenvalue weighted by Gasteiger charge is -2.36. The molecule has 0 radical (unpaired) electrons. The van der Waals surface area contributed by atoms with Crippen LogP contribution in [0.25, 0.3) is 0 Å². The topological polar surface area (TPSA) is 37.6 Å². The Morgan fingerprint density at radius 3 is 3.06 bits per heavy atom. The summed E-state index contributed by atoms with van der Waals surface area (Å²) in [5.41, 5.74) is 1.27. The summed E-state index contributed by atoms with van der Waals surface area (Å²) in [5, 5.41) is 3.35. The Hall–Kier alpha value is -0.840. The van der Waals surface area contributed by atoms with Crippen LogP contribution in [0.5, 0.6) is 0 Å². The third-order valence-corrected chi connectivity index (χ3v) is 3.49. The first-order valence-corrected chi connectivity index (χ1v) is 6.82. The molecule has 0 bridgehead atoms. The van der Waals surface area contributed by atoms with Crippen LogP contribution in [-0.2, 0) is 17.8 Å². The summed E-state index contributed by atoms with van der Waals surface area (Å²) in [6, 6.07) is 2.52. The molecule has 1 aromatic rings. The Bertz CT molecular complexity index is 364. The zero-order valence-corrected chi connectivity index (χ0v) is 11.6. The van der Waals surface area contributed by atoms with Gasteiger partial charge in [0.25, 0.3) is 0 Å². The minimum absolute atomic E-state index is 0.313. The lowest BCUT2D eigenvalue weighted by atomic mass is 10.1. The number of morpholine rings is 1. The van der Waals surface area contributed by atoms with E-state index in [-0.39, 0.29) is 0 Å². The van der Waals surface area contributed by atoms with E-state index in [0.717, 1.165) is 38.5 Å². The third kappa shape index (κ3) is 3.34. The van der Waals surface area contributed by atoms with Crippen molar-refractivity contribution in [3.63, 3.8) is 0 Å². The Kier molecular flexibility index (Phi) is 4.80. The average molecular weight is 252 g/mol. The van der Waals surface area contributed by atoms with E-state index in [0.29, 0.717) is 12.1 Å². The molecule has 1 saturated heterocycles. The van der Waals surface area contributed by atoms with Crippen molar-refractivity contribution in [1.29, 1.82) is 0 Å². The fourth-order valence-electron chi connectivity index (χ4n) is 2.30. The fraction of sp³-hybridized carbons (Fsp3) is 0.714. The maximum atomic E-state index is 5.65. The first-order valence-electron chi connectivity index (χ1n) is 6.82. The summed E-state index contributed by atoms with van der Waals surface area (Å²) in [6.45, 7) is 11.0. The summed E-state index contributed by atoms with van der Waals surface area (Å²) in [4.78, 5) is 2.43. The zero-order valence-electron chi connectivity index (χ0n) is 11.6. The number of hydrogen-bond acceptors (Lipinski definition) is 4. The van der Waals surface area contributed by atoms with E-state index in [1.54, 1.807) is 6.26 Å². The minimum atomic E-state index is 0.313. The van der Waals surface area contributed by atoms with Crippen LogP contribution in [-0.4, -0.2) is 36.7 Å². The van der Waals surface area contributed by atoms with Crippen LogP contribution in [0.1, 0.15) is 32.1 Å². The number of ether oxygens (including phenoxy) is 1. The monoisotopic (exact) mass is 252 g/mol. The van der Waals surface area contributed by atoms with E-state index < -0.39 is 0 Å². The van der Waals surface area contributed by atoms with Crippen LogP contribution in [0.15, 0.2) is 16.7 Å². The Morgan fingerprint density at radius 1 is 1.44 bits per heavy atom. The van der Waals surface area contributed by atoms with Crippen LogP contribution in [0, 0.1) is 0 Å². The molecule has 0 aliphatic carbocycles. The molecule has 2 heterocycles. The van der Waals surface area contributed by atoms with Crippen LogP contribution in [0.4, 0.5) is 0 Å². The minimum Gasteiger partial charge on any atom is -0.468 e. The first kappa shape index (κ1) is 13.6. The van der Waals surface area contributed by atoms with Crippen molar-refractivity contribution in [1.82, 2.24) is 10.2 Å². The van der Waals surface area contributed by atoms with Gasteiger partial charge in [0.1, 0.15) is 5.76 Å². The standard InChI is InChI=1S/C14H24N2O2/c1-4-15-7-13-5-6-17-14(13)9-16-8-12(3)18-10-11(16)2/h5-6,11-12,15H,4,7-10H2,1-3H3. The highest BCUT2D eigenvalue weighted by Gasteiger charge is 2.24. The van der Waals surface area contributed by atoms with Gasteiger partial charge in [-0.05, 0) is 26.5 Å². The second-order valence-electron chi connectivity index (χ2n) is 5.07. The first-order chi connectivity index (χ1) is 8.70. The van der Waals surface area contributed by atoms with Gasteiger partial charge in [0.05, 0.1) is 25.5 Å². The molecular formula is C14H24N2O2. The van der Waals surface area contributed by atoms with E-state index in [1.807, 2.05) is 0 Å². The molecule has 2 atom stereocenters. The number of nitrogens with one attached hydrogen (secondary N) is 1. The van der Waals surface area contributed by atoms with E-state index in [9.17, 15) is 0 Å². The maximum Gasteiger partial charge on any atom is 0.122 e. The molecule has 0 saturated carbocycles. The van der Waals surface area contributed by atoms with Crippen molar-refractivity contribution in [2.75, 3.05) is 19.7 Å². The average Bonchev–Trinajstić information content (AvgIpc) is 2.79. The molecule has 0 spiro atoms. The van der Waals surface area contributed by atoms with Crippen molar-refractivity contribution in [2.24, 2.45) is 0 Å². The molecule has 0 amide bonds. The van der Waals surface area contributed by atoms with Crippen LogP contribution in [0.3, 0.4) is 0 Å². The number of rotatable bonds is 5. The van der Waals surface area contributed by atoms with Crippen molar-refractivity contribution >= 4 is 0 Å². The van der Waals surface area contributed by atoms with Gasteiger partial charge in [0.15, 0.2) is 0 Å². The lowest BCUT2D eigenvalue weighted by molar-refractivity contribution is -0.0546. The molecule has 1 aromatic heterocycles. The molecule has 1 aliphatic rings. The summed E-state index contributed by atoms with van der Waals surface area (Å²) in [6.07, 6.45) is 2.10. The van der Waals surface area contributed by atoms with Gasteiger partial charge in [-0.15, -0.1) is 0 Å². The summed E-state index contributed by atoms with van der Waals surface area (Å²) >= 11 is 0. The molecule has 4 heteroatoms. The normalized spacial score (nSPS) is 25.5. The number of furan rings is 1. The third-order valence-electron chi connectivity index (χ3n) is 3.49. The van der Waals surface area contributed by atoms with Gasteiger partial charge >= 0.3 is 0 Å². The van der Waals surface area contributed by atoms with Gasteiger partial charge in [-0.1, -0.05) is 6.92 Å². The molecule has 1 fully saturated rings. The molecule has 4 nitrogen and oxygen atoms in total. The molecule has 2 unspecified atom stereocenters. The molecule has 102 valence electrons. The maximum absolute atomic E-state index is 5.65. The van der Waals surface area contributed by atoms with E-state index in [2.05, 4.69) is 37.1 Å². The van der Waals surface area contributed by atoms with Gasteiger partial charge in [0, 0.05) is 24.7 Å². The zero-order chi connectivity index (χ0) is 13.0. The van der Waals surface area contributed by atoms with Gasteiger partial charge in [-0.2, -0.15) is 0 Å². The Morgan fingerprint density at radius 2 is 2.28 bits per heavy atom. The van der Waals surface area contributed by atoms with E-state index >= 15 is 0 Å². The predicted octanol–water partition coefficient (Wildman–Crippen LogP) is 2.00. The van der Waals surface area contributed by atoms with E-state index in [4.69, 9.17) is 9.15 Å². The van der Waals surface area contributed by atoms with Crippen molar-refractivity contribution in [3.8, 4) is 0 Å². The summed E-state index contributed by atoms with van der Waals surface area (Å²) in [7, 11) is 0. The highest BCUT2D eigenvalue weighted by atomic mass is 16.5. The number of hydrogen-bond donors (Lipinski definition) is 1. The van der Waals surface area contributed by atoms with Gasteiger partial charge < -0.3 is 14.5 Å². The van der Waals surface area contributed by atoms with Crippen LogP contribution < -0.4 is 5.32 Å². The second-order valence-corrected chi connectivity index (χ2v) is 5.07. The molecule has 1 N–H and O–H groups in total. The largest absolute Gasteiger partial charge is 0.468 e. The highest BCUT2D eigenvalue weighted by Crippen LogP contribution is 2.18. The predicted molar refractivity (Wildman–Crippen MR) is 71.4 cm³/mol. The second kappa shape index (κ2) is 6.36. The Balaban J connectivity index is 1.97. The van der Waals surface area contributed by atoms with Gasteiger partial charge in [0.2, 0.25) is 0 Å². The fourth-order valence-corrected chi connectivity index (χ4v) is 2.30. The van der Waals surface area contributed by atoms with Gasteiger partial charge in [-0.3, -0.25) is 4.90 Å². The van der Waals surface area contributed by atoms with Crippen molar-refractivity contribution in [3.05, 3.63) is 23.7 Å². The highest BCUT2D eigenvalue weighted by molar-refractivity contribution is 5.17. The van der Waals surface area contributed by atoms with Crippen LogP contribution in [0.2, 0.25) is 0 Å². The molecule has 0 aromatic carbocycles. The molecular weight excluding hydrogens is 228 g/mol. The smallest absolute Gasteiger partial charge is 0.122 e. The molecule has 1 aliphatic heterocycles. The lowest BCUT2D eigenvalue weighted by Crippen LogP contribution is -2.46. The molecule has 18 heavy (non-hydrogen) atoms. The SMILES string of the molecule is CCNCc1ccoc1CN1CC(C)OCC1C. The number of nitrogens with zero attached hydrogens (tertiary/aromatic N) is 1. The van der Waals surface area contributed by atoms with Crippen molar-refractivity contribution in [2.45, 2.75) is 46.0 Å².